The second-order valence-corrected chi connectivity index (χ2v) is 6.30. The molecular formula is C18H18O3. The van der Waals surface area contributed by atoms with Crippen LogP contribution in [0, 0.1) is 17.8 Å². The van der Waals surface area contributed by atoms with Crippen LogP contribution in [0.3, 0.4) is 0 Å². The van der Waals surface area contributed by atoms with Gasteiger partial charge >= 0.3 is 11.9 Å². The van der Waals surface area contributed by atoms with Gasteiger partial charge in [0.1, 0.15) is 0 Å². The standard InChI is InChI=1S/C18H18O3/c19-17-15-10-14(11-6-2-1-3-7-11)12-8-4-5-9-13(12)16(15)18(20)21-17/h1-3,6-7,13,15-16H,4-5,8-10H2/t13-,15+,16-/m0/s1. The van der Waals surface area contributed by atoms with Gasteiger partial charge in [0.15, 0.2) is 0 Å². The highest BCUT2D eigenvalue weighted by molar-refractivity contribution is 5.99. The molecule has 0 radical (unpaired) electrons. The van der Waals surface area contributed by atoms with E-state index in [4.69, 9.17) is 4.74 Å². The lowest BCUT2D eigenvalue weighted by Crippen LogP contribution is -2.34. The van der Waals surface area contributed by atoms with Gasteiger partial charge in [0.2, 0.25) is 0 Å². The van der Waals surface area contributed by atoms with Crippen molar-refractivity contribution in [2.75, 3.05) is 0 Å². The van der Waals surface area contributed by atoms with Crippen molar-refractivity contribution in [2.45, 2.75) is 32.1 Å². The summed E-state index contributed by atoms with van der Waals surface area (Å²) in [6, 6.07) is 10.3. The Hall–Kier alpha value is -1.90. The van der Waals surface area contributed by atoms with Crippen LogP contribution in [0.25, 0.3) is 5.57 Å². The lowest BCUT2D eigenvalue weighted by Gasteiger charge is -2.37. The van der Waals surface area contributed by atoms with Crippen molar-refractivity contribution in [1.82, 2.24) is 0 Å². The maximum Gasteiger partial charge on any atom is 0.318 e. The molecule has 0 spiro atoms. The summed E-state index contributed by atoms with van der Waals surface area (Å²) in [5, 5.41) is 0. The lowest BCUT2D eigenvalue weighted by atomic mass is 9.64. The van der Waals surface area contributed by atoms with Gasteiger partial charge in [-0.2, -0.15) is 0 Å². The largest absolute Gasteiger partial charge is 0.393 e. The van der Waals surface area contributed by atoms with Crippen LogP contribution in [0.2, 0.25) is 0 Å². The van der Waals surface area contributed by atoms with Crippen LogP contribution in [0.5, 0.6) is 0 Å². The van der Waals surface area contributed by atoms with E-state index in [0.717, 1.165) is 19.3 Å². The van der Waals surface area contributed by atoms with E-state index in [1.807, 2.05) is 18.2 Å². The molecule has 3 heteroatoms. The molecule has 4 rings (SSSR count). The van der Waals surface area contributed by atoms with E-state index >= 15 is 0 Å². The van der Waals surface area contributed by atoms with Gasteiger partial charge in [0.05, 0.1) is 11.8 Å². The van der Waals surface area contributed by atoms with Crippen molar-refractivity contribution in [2.24, 2.45) is 17.8 Å². The Morgan fingerprint density at radius 2 is 1.76 bits per heavy atom. The molecule has 1 saturated heterocycles. The summed E-state index contributed by atoms with van der Waals surface area (Å²) in [5.74, 6) is -0.879. The number of carbonyl (C=O) groups excluding carboxylic acids is 2. The number of ether oxygens (including phenoxy) is 1. The first kappa shape index (κ1) is 12.8. The third kappa shape index (κ3) is 1.95. The number of hydrogen-bond donors (Lipinski definition) is 0. The second-order valence-electron chi connectivity index (χ2n) is 6.30. The van der Waals surface area contributed by atoms with Crippen molar-refractivity contribution < 1.29 is 14.3 Å². The minimum Gasteiger partial charge on any atom is -0.393 e. The molecule has 1 aliphatic heterocycles. The Bertz CT molecular complexity index is 629. The molecule has 3 nitrogen and oxygen atoms in total. The number of esters is 2. The van der Waals surface area contributed by atoms with Gasteiger partial charge in [0.25, 0.3) is 0 Å². The number of hydrogen-bond acceptors (Lipinski definition) is 3. The van der Waals surface area contributed by atoms with Gasteiger partial charge in [-0.1, -0.05) is 42.3 Å². The molecular weight excluding hydrogens is 264 g/mol. The van der Waals surface area contributed by atoms with E-state index in [2.05, 4.69) is 12.1 Å². The third-order valence-corrected chi connectivity index (χ3v) is 5.24. The molecule has 1 aromatic carbocycles. The predicted molar refractivity (Wildman–Crippen MR) is 78.0 cm³/mol. The van der Waals surface area contributed by atoms with Crippen molar-refractivity contribution in [3.8, 4) is 0 Å². The number of fused-ring (bicyclic) bond motifs is 3. The molecule has 0 aromatic heterocycles. The number of allylic oxidation sites excluding steroid dienone is 2. The van der Waals surface area contributed by atoms with Gasteiger partial charge in [-0.3, -0.25) is 9.59 Å². The van der Waals surface area contributed by atoms with Crippen molar-refractivity contribution in [1.29, 1.82) is 0 Å². The topological polar surface area (TPSA) is 43.4 Å². The maximum atomic E-state index is 12.1. The van der Waals surface area contributed by atoms with Gasteiger partial charge in [-0.15, -0.1) is 0 Å². The summed E-state index contributed by atoms with van der Waals surface area (Å²) >= 11 is 0. The number of rotatable bonds is 1. The van der Waals surface area contributed by atoms with Crippen LogP contribution in [-0.4, -0.2) is 11.9 Å². The Labute approximate surface area is 124 Å². The minimum absolute atomic E-state index is 0.214. The fourth-order valence-corrected chi connectivity index (χ4v) is 4.31. The van der Waals surface area contributed by atoms with Crippen LogP contribution < -0.4 is 0 Å². The van der Waals surface area contributed by atoms with Gasteiger partial charge in [-0.05, 0) is 42.7 Å². The first-order valence-electron chi connectivity index (χ1n) is 7.78. The molecule has 1 aromatic rings. The number of benzene rings is 1. The Kier molecular flexibility index (Phi) is 2.95. The first-order chi connectivity index (χ1) is 10.3. The van der Waals surface area contributed by atoms with Crippen molar-refractivity contribution in [3.05, 3.63) is 41.5 Å². The first-order valence-corrected chi connectivity index (χ1v) is 7.78. The van der Waals surface area contributed by atoms with Crippen molar-refractivity contribution >= 4 is 17.5 Å². The zero-order valence-electron chi connectivity index (χ0n) is 11.9. The quantitative estimate of drug-likeness (QED) is 0.586. The molecule has 0 N–H and O–H groups in total. The van der Waals surface area contributed by atoms with Gasteiger partial charge < -0.3 is 4.74 Å². The highest BCUT2D eigenvalue weighted by atomic mass is 16.6. The smallest absolute Gasteiger partial charge is 0.318 e. The highest BCUT2D eigenvalue weighted by Gasteiger charge is 2.52. The molecule has 3 atom stereocenters. The van der Waals surface area contributed by atoms with E-state index in [1.165, 1.54) is 23.1 Å². The molecule has 108 valence electrons. The Balaban J connectivity index is 1.83. The minimum atomic E-state index is -0.317. The van der Waals surface area contributed by atoms with E-state index < -0.39 is 0 Å². The van der Waals surface area contributed by atoms with E-state index in [-0.39, 0.29) is 29.7 Å². The summed E-state index contributed by atoms with van der Waals surface area (Å²) in [4.78, 5) is 24.1. The average molecular weight is 282 g/mol. The van der Waals surface area contributed by atoms with E-state index in [1.54, 1.807) is 0 Å². The molecule has 0 unspecified atom stereocenters. The van der Waals surface area contributed by atoms with Gasteiger partial charge in [-0.25, -0.2) is 0 Å². The summed E-state index contributed by atoms with van der Waals surface area (Å²) in [7, 11) is 0. The van der Waals surface area contributed by atoms with Crippen LogP contribution in [0.4, 0.5) is 0 Å². The van der Waals surface area contributed by atoms with Gasteiger partial charge in [0, 0.05) is 0 Å². The number of cyclic esters (lactones) is 2. The van der Waals surface area contributed by atoms with Crippen LogP contribution >= 0.6 is 0 Å². The van der Waals surface area contributed by atoms with Crippen LogP contribution in [0.1, 0.15) is 37.7 Å². The van der Waals surface area contributed by atoms with Crippen molar-refractivity contribution in [3.63, 3.8) is 0 Å². The molecule has 0 amide bonds. The summed E-state index contributed by atoms with van der Waals surface area (Å²) in [6.07, 6.45) is 5.04. The number of carbonyl (C=O) groups is 2. The van der Waals surface area contributed by atoms with Crippen LogP contribution in [-0.2, 0) is 14.3 Å². The highest BCUT2D eigenvalue weighted by Crippen LogP contribution is 2.51. The normalized spacial score (nSPS) is 31.7. The third-order valence-electron chi connectivity index (χ3n) is 5.24. The zero-order valence-corrected chi connectivity index (χ0v) is 11.9. The summed E-state index contributed by atoms with van der Waals surface area (Å²) in [6.45, 7) is 0. The molecule has 0 bridgehead atoms. The molecule has 2 aliphatic carbocycles. The monoisotopic (exact) mass is 282 g/mol. The molecule has 2 fully saturated rings. The van der Waals surface area contributed by atoms with Crippen LogP contribution in [0.15, 0.2) is 35.9 Å². The zero-order chi connectivity index (χ0) is 14.4. The fraction of sp³-hybridized carbons (Fsp3) is 0.444. The van der Waals surface area contributed by atoms with E-state index in [0.29, 0.717) is 6.42 Å². The Morgan fingerprint density at radius 1 is 0.952 bits per heavy atom. The summed E-state index contributed by atoms with van der Waals surface area (Å²) < 4.78 is 4.94. The summed E-state index contributed by atoms with van der Waals surface area (Å²) in [5.41, 5.74) is 3.89. The molecule has 3 aliphatic rings. The maximum absolute atomic E-state index is 12.1. The van der Waals surface area contributed by atoms with E-state index in [9.17, 15) is 9.59 Å². The fourth-order valence-electron chi connectivity index (χ4n) is 4.31. The molecule has 1 saturated carbocycles. The Morgan fingerprint density at radius 3 is 2.57 bits per heavy atom. The average Bonchev–Trinajstić information content (AvgIpc) is 2.82. The second kappa shape index (κ2) is 4.83. The molecule has 1 heterocycles. The lowest BCUT2D eigenvalue weighted by molar-refractivity contribution is -0.154. The molecule has 21 heavy (non-hydrogen) atoms. The predicted octanol–water partition coefficient (Wildman–Crippen LogP) is 3.35. The SMILES string of the molecule is O=C1OC(=O)[C@@H]2CC(c3ccccc3)=C3CCCC[C@@H]3[C@H]12.